The van der Waals surface area contributed by atoms with Gasteiger partial charge in [0.1, 0.15) is 0 Å². The number of hydrogen-bond donors (Lipinski definition) is 0. The summed E-state index contributed by atoms with van der Waals surface area (Å²) in [5.41, 5.74) is 27.5. The molecule has 0 atom stereocenters. The van der Waals surface area contributed by atoms with Crippen molar-refractivity contribution in [1.82, 2.24) is 19.9 Å². The predicted octanol–water partition coefficient (Wildman–Crippen LogP) is 21.7. The second-order valence-electron chi connectivity index (χ2n) is 21.7. The lowest BCUT2D eigenvalue weighted by atomic mass is 9.93. The SMILES string of the molecule is c1ccc(-c2cc3nc(-c4ccccc4)c(-c4ccc(-c5ccc(N(c6ccccc6)c6ccc(-c7ccc(-c8nc9cc(-c%10ccccc%10)c(-c%10ccccc%10)cc9nc8-c8ccccc8)cc7)cc6)cc5)cc4)nc3cc2-c2ccccc2)cc1. The van der Waals surface area contributed by atoms with Gasteiger partial charge in [-0.1, -0.05) is 273 Å². The summed E-state index contributed by atoms with van der Waals surface area (Å²) < 4.78 is 0. The third-order valence-electron chi connectivity index (χ3n) is 16.3. The lowest BCUT2D eigenvalue weighted by Gasteiger charge is -2.26. The number of aromatic nitrogens is 4. The van der Waals surface area contributed by atoms with E-state index in [1.165, 1.54) is 0 Å². The van der Waals surface area contributed by atoms with Crippen molar-refractivity contribution in [3.8, 4) is 112 Å². The predicted molar refractivity (Wildman–Crippen MR) is 362 cm³/mol. The molecule has 0 aliphatic rings. The zero-order chi connectivity index (χ0) is 57.9. The minimum absolute atomic E-state index is 0.841. The molecule has 0 spiro atoms. The molecule has 15 aromatic rings. The Morgan fingerprint density at radius 1 is 0.161 bits per heavy atom. The molecular weight excluding hydrogens is 1050 g/mol. The smallest absolute Gasteiger partial charge is 0.0973 e. The molecule has 5 heteroatoms. The van der Waals surface area contributed by atoms with Crippen molar-refractivity contribution in [1.29, 1.82) is 0 Å². The lowest BCUT2D eigenvalue weighted by molar-refractivity contribution is 1.28. The lowest BCUT2D eigenvalue weighted by Crippen LogP contribution is -2.09. The molecule has 13 aromatic carbocycles. The topological polar surface area (TPSA) is 54.8 Å². The maximum atomic E-state index is 5.44. The molecule has 2 heterocycles. The number of benzene rings is 13. The van der Waals surface area contributed by atoms with Crippen molar-refractivity contribution < 1.29 is 0 Å². The van der Waals surface area contributed by atoms with Crippen LogP contribution in [0.15, 0.2) is 334 Å². The van der Waals surface area contributed by atoms with Crippen molar-refractivity contribution in [3.63, 3.8) is 0 Å². The van der Waals surface area contributed by atoms with E-state index in [1.807, 2.05) is 12.1 Å². The van der Waals surface area contributed by atoms with Crippen LogP contribution in [0.3, 0.4) is 0 Å². The fraction of sp³-hybridized carbons (Fsp3) is 0. The normalized spacial score (nSPS) is 11.2. The Morgan fingerprint density at radius 3 is 0.598 bits per heavy atom. The minimum Gasteiger partial charge on any atom is -0.311 e. The highest BCUT2D eigenvalue weighted by atomic mass is 15.1. The van der Waals surface area contributed by atoms with Gasteiger partial charge in [0.05, 0.1) is 44.8 Å². The van der Waals surface area contributed by atoms with Gasteiger partial charge in [0.25, 0.3) is 0 Å². The second-order valence-corrected chi connectivity index (χ2v) is 21.7. The molecule has 0 bridgehead atoms. The van der Waals surface area contributed by atoms with Crippen LogP contribution in [0.2, 0.25) is 0 Å². The third-order valence-corrected chi connectivity index (χ3v) is 16.3. The van der Waals surface area contributed by atoms with E-state index in [1.54, 1.807) is 0 Å². The van der Waals surface area contributed by atoms with Crippen LogP contribution in [0.1, 0.15) is 0 Å². The van der Waals surface area contributed by atoms with Gasteiger partial charge in [-0.2, -0.15) is 0 Å². The largest absolute Gasteiger partial charge is 0.311 e. The summed E-state index contributed by atoms with van der Waals surface area (Å²) in [6.45, 7) is 0. The molecule has 0 amide bonds. The van der Waals surface area contributed by atoms with E-state index >= 15 is 0 Å². The Bertz CT molecular complexity index is 4580. The van der Waals surface area contributed by atoms with Crippen molar-refractivity contribution >= 4 is 39.1 Å². The van der Waals surface area contributed by atoms with Gasteiger partial charge in [-0.05, 0) is 127 Å². The maximum absolute atomic E-state index is 5.44. The molecule has 5 nitrogen and oxygen atoms in total. The average molecular weight is 1110 g/mol. The van der Waals surface area contributed by atoms with E-state index in [4.69, 9.17) is 19.9 Å². The van der Waals surface area contributed by atoms with E-state index in [-0.39, 0.29) is 0 Å². The zero-order valence-corrected chi connectivity index (χ0v) is 47.5. The number of nitrogens with zero attached hydrogens (tertiary/aromatic N) is 5. The molecule has 87 heavy (non-hydrogen) atoms. The summed E-state index contributed by atoms with van der Waals surface area (Å²) in [6, 6.07) is 118. The van der Waals surface area contributed by atoms with Crippen molar-refractivity contribution in [2.45, 2.75) is 0 Å². The number of anilines is 3. The van der Waals surface area contributed by atoms with Gasteiger partial charge in [-0.25, -0.2) is 19.9 Å². The van der Waals surface area contributed by atoms with Crippen molar-refractivity contribution in [3.05, 3.63) is 334 Å². The van der Waals surface area contributed by atoms with Crippen LogP contribution >= 0.6 is 0 Å². The summed E-state index contributed by atoms with van der Waals surface area (Å²) in [4.78, 5) is 24.0. The Labute approximate surface area is 506 Å². The summed E-state index contributed by atoms with van der Waals surface area (Å²) >= 11 is 0. The molecule has 2 aromatic heterocycles. The Morgan fingerprint density at radius 2 is 0.345 bits per heavy atom. The van der Waals surface area contributed by atoms with Gasteiger partial charge in [0.15, 0.2) is 0 Å². The first-order chi connectivity index (χ1) is 43.1. The van der Waals surface area contributed by atoms with E-state index in [2.05, 4.69) is 326 Å². The number of rotatable bonds is 13. The Kier molecular flexibility index (Phi) is 13.9. The highest BCUT2D eigenvalue weighted by Gasteiger charge is 2.21. The molecule has 408 valence electrons. The highest BCUT2D eigenvalue weighted by molar-refractivity contribution is 5.98. The summed E-state index contributed by atoms with van der Waals surface area (Å²) in [5, 5.41) is 0. The molecule has 0 radical (unpaired) electrons. The molecular formula is C82H55N5. The summed E-state index contributed by atoms with van der Waals surface area (Å²) in [7, 11) is 0. The Balaban J connectivity index is 0.724. The maximum Gasteiger partial charge on any atom is 0.0973 e. The molecule has 0 saturated heterocycles. The highest BCUT2D eigenvalue weighted by Crippen LogP contribution is 2.42. The monoisotopic (exact) mass is 1110 g/mol. The fourth-order valence-corrected chi connectivity index (χ4v) is 11.9. The fourth-order valence-electron chi connectivity index (χ4n) is 11.9. The molecule has 0 N–H and O–H groups in total. The zero-order valence-electron chi connectivity index (χ0n) is 47.5. The molecule has 15 rings (SSSR count). The summed E-state index contributed by atoms with van der Waals surface area (Å²) in [5.74, 6) is 0. The minimum atomic E-state index is 0.841. The third kappa shape index (κ3) is 10.5. The second kappa shape index (κ2) is 23.2. The van der Waals surface area contributed by atoms with Crippen LogP contribution in [0.5, 0.6) is 0 Å². The van der Waals surface area contributed by atoms with Gasteiger partial charge in [-0.3, -0.25) is 0 Å². The van der Waals surface area contributed by atoms with Gasteiger partial charge >= 0.3 is 0 Å². The van der Waals surface area contributed by atoms with E-state index in [0.29, 0.717) is 0 Å². The van der Waals surface area contributed by atoms with Crippen LogP contribution in [0.4, 0.5) is 17.1 Å². The average Bonchev–Trinajstić information content (AvgIpc) is 1.56. The van der Waals surface area contributed by atoms with E-state index in [9.17, 15) is 0 Å². The molecule has 0 unspecified atom stereocenters. The number of hydrogen-bond acceptors (Lipinski definition) is 5. The van der Waals surface area contributed by atoms with Crippen molar-refractivity contribution in [2.24, 2.45) is 0 Å². The first-order valence-corrected chi connectivity index (χ1v) is 29.4. The molecule has 0 aliphatic heterocycles. The standard InChI is InChI=1S/C82H55N5/c1-8-22-60(23-9-1)71-52-75-77(54-73(71)62-26-12-3-13-27-62)85-81(79(83-75)64-30-16-5-17-31-64)66-40-36-56(37-41-66)58-44-48-69(49-45-58)87(68-34-20-7-21-35-68)70-50-46-59(47-51-70)57-38-42-67(43-39-57)82-80(65-32-18-6-19-33-65)84-76-53-72(61-24-10-2-11-25-61)74(55-78(76)86-82)63-28-14-4-15-29-63/h1-55H. The van der Waals surface area contributed by atoms with Crippen LogP contribution in [-0.4, -0.2) is 19.9 Å². The molecule has 0 aliphatic carbocycles. The Hall–Kier alpha value is -11.7. The van der Waals surface area contributed by atoms with Gasteiger partial charge in [-0.15, -0.1) is 0 Å². The van der Waals surface area contributed by atoms with Crippen LogP contribution < -0.4 is 4.90 Å². The van der Waals surface area contributed by atoms with Crippen LogP contribution in [0, 0.1) is 0 Å². The molecule has 0 fully saturated rings. The van der Waals surface area contributed by atoms with E-state index in [0.717, 1.165) is 151 Å². The van der Waals surface area contributed by atoms with Crippen LogP contribution in [0.25, 0.3) is 134 Å². The van der Waals surface area contributed by atoms with Gasteiger partial charge in [0.2, 0.25) is 0 Å². The van der Waals surface area contributed by atoms with Gasteiger partial charge < -0.3 is 4.90 Å². The number of para-hydroxylation sites is 1. The van der Waals surface area contributed by atoms with Crippen LogP contribution in [-0.2, 0) is 0 Å². The van der Waals surface area contributed by atoms with Crippen molar-refractivity contribution in [2.75, 3.05) is 4.90 Å². The summed E-state index contributed by atoms with van der Waals surface area (Å²) in [6.07, 6.45) is 0. The first-order valence-electron chi connectivity index (χ1n) is 29.4. The first kappa shape index (κ1) is 52.2. The van der Waals surface area contributed by atoms with Gasteiger partial charge in [0, 0.05) is 39.3 Å². The number of fused-ring (bicyclic) bond motifs is 2. The van der Waals surface area contributed by atoms with E-state index < -0.39 is 0 Å². The molecule has 0 saturated carbocycles. The quantitative estimate of drug-likeness (QED) is 0.115.